The number of hydrogen-bond donors (Lipinski definition) is 1. The summed E-state index contributed by atoms with van der Waals surface area (Å²) >= 11 is 0. The van der Waals surface area contributed by atoms with Gasteiger partial charge in [0.2, 0.25) is 10.0 Å². The number of benzene rings is 1. The van der Waals surface area contributed by atoms with Crippen LogP contribution in [0.25, 0.3) is 0 Å². The zero-order valence-electron chi connectivity index (χ0n) is 11.7. The molecule has 1 aromatic carbocycles. The molecule has 1 fully saturated rings. The van der Waals surface area contributed by atoms with Gasteiger partial charge in [0, 0.05) is 19.6 Å². The van der Waals surface area contributed by atoms with Crippen molar-refractivity contribution >= 4 is 10.0 Å². The predicted molar refractivity (Wildman–Crippen MR) is 78.9 cm³/mol. The fourth-order valence-corrected chi connectivity index (χ4v) is 3.96. The third-order valence-corrected chi connectivity index (χ3v) is 5.25. The minimum absolute atomic E-state index is 0.108. The van der Waals surface area contributed by atoms with Crippen LogP contribution in [0.1, 0.15) is 12.5 Å². The molecule has 6 heteroatoms. The molecule has 0 spiro atoms. The van der Waals surface area contributed by atoms with E-state index in [0.29, 0.717) is 26.1 Å². The van der Waals surface area contributed by atoms with Crippen LogP contribution in [0.4, 0.5) is 0 Å². The summed E-state index contributed by atoms with van der Waals surface area (Å²) < 4.78 is 31.9. The Kier molecular flexibility index (Phi) is 5.15. The fraction of sp³-hybridized carbons (Fsp3) is 0.571. The first kappa shape index (κ1) is 15.4. The lowest BCUT2D eigenvalue weighted by molar-refractivity contribution is -0.0486. The van der Waals surface area contributed by atoms with Gasteiger partial charge in [-0.1, -0.05) is 30.3 Å². The van der Waals surface area contributed by atoms with Gasteiger partial charge in [-0.3, -0.25) is 0 Å². The van der Waals surface area contributed by atoms with E-state index in [-0.39, 0.29) is 18.0 Å². The van der Waals surface area contributed by atoms with Gasteiger partial charge in [0.15, 0.2) is 0 Å². The van der Waals surface area contributed by atoms with Crippen LogP contribution < -0.4 is 5.73 Å². The normalized spacial score (nSPS) is 24.7. The summed E-state index contributed by atoms with van der Waals surface area (Å²) in [4.78, 5) is 0. The lowest BCUT2D eigenvalue weighted by Gasteiger charge is -2.35. The monoisotopic (exact) mass is 298 g/mol. The molecule has 20 heavy (non-hydrogen) atoms. The molecule has 2 atom stereocenters. The third-order valence-electron chi connectivity index (χ3n) is 3.44. The molecule has 0 radical (unpaired) electrons. The number of sulfonamides is 1. The minimum Gasteiger partial charge on any atom is -0.371 e. The van der Waals surface area contributed by atoms with Crippen molar-refractivity contribution in [3.63, 3.8) is 0 Å². The molecule has 1 saturated heterocycles. The van der Waals surface area contributed by atoms with E-state index in [1.54, 1.807) is 0 Å². The summed E-state index contributed by atoms with van der Waals surface area (Å²) in [6.45, 7) is 2.99. The first-order valence-electron chi connectivity index (χ1n) is 6.88. The van der Waals surface area contributed by atoms with Gasteiger partial charge in [-0.25, -0.2) is 8.42 Å². The van der Waals surface area contributed by atoms with Gasteiger partial charge in [-0.05, 0) is 18.9 Å². The molecule has 2 unspecified atom stereocenters. The van der Waals surface area contributed by atoms with Crippen molar-refractivity contribution in [2.24, 2.45) is 5.73 Å². The quantitative estimate of drug-likeness (QED) is 0.864. The Bertz CT molecular complexity index is 518. The molecule has 112 valence electrons. The summed E-state index contributed by atoms with van der Waals surface area (Å²) in [6, 6.07) is 9.65. The number of hydrogen-bond acceptors (Lipinski definition) is 4. The highest BCUT2D eigenvalue weighted by molar-refractivity contribution is 7.89. The maximum absolute atomic E-state index is 12.4. The Morgan fingerprint density at radius 2 is 2.00 bits per heavy atom. The second-order valence-corrected chi connectivity index (χ2v) is 7.26. The minimum atomic E-state index is -3.26. The fourth-order valence-electron chi connectivity index (χ4n) is 2.38. The van der Waals surface area contributed by atoms with Crippen molar-refractivity contribution in [1.82, 2.24) is 4.31 Å². The number of nitrogens with two attached hydrogens (primary N) is 1. The Balaban J connectivity index is 1.99. The Morgan fingerprint density at radius 3 is 2.65 bits per heavy atom. The van der Waals surface area contributed by atoms with Gasteiger partial charge in [0.25, 0.3) is 0 Å². The molecule has 0 bridgehead atoms. The van der Waals surface area contributed by atoms with Crippen LogP contribution >= 0.6 is 0 Å². The van der Waals surface area contributed by atoms with Crippen molar-refractivity contribution in [1.29, 1.82) is 0 Å². The molecule has 1 aromatic rings. The van der Waals surface area contributed by atoms with Gasteiger partial charge < -0.3 is 10.5 Å². The maximum Gasteiger partial charge on any atom is 0.214 e. The molecular formula is C14H22N2O3S. The number of aryl methyl sites for hydroxylation is 1. The summed E-state index contributed by atoms with van der Waals surface area (Å²) in [5.74, 6) is 0.126. The van der Waals surface area contributed by atoms with Crippen LogP contribution in [0.3, 0.4) is 0 Å². The average molecular weight is 298 g/mol. The number of morpholine rings is 1. The molecule has 2 N–H and O–H groups in total. The maximum atomic E-state index is 12.4. The molecular weight excluding hydrogens is 276 g/mol. The lowest BCUT2D eigenvalue weighted by atomic mass is 10.2. The van der Waals surface area contributed by atoms with E-state index in [1.807, 2.05) is 37.3 Å². The molecule has 0 saturated carbocycles. The SMILES string of the molecule is CC1CN(S(=O)(=O)CCc2ccccc2)CC(CN)O1. The van der Waals surface area contributed by atoms with Crippen molar-refractivity contribution in [3.8, 4) is 0 Å². The van der Waals surface area contributed by atoms with Crippen LogP contribution in [-0.4, -0.2) is 50.3 Å². The first-order valence-corrected chi connectivity index (χ1v) is 8.49. The molecule has 0 aliphatic carbocycles. The second-order valence-electron chi connectivity index (χ2n) is 5.17. The van der Waals surface area contributed by atoms with E-state index in [0.717, 1.165) is 5.56 Å². The van der Waals surface area contributed by atoms with Gasteiger partial charge in [-0.15, -0.1) is 0 Å². The summed E-state index contributed by atoms with van der Waals surface area (Å²) in [5.41, 5.74) is 6.62. The summed E-state index contributed by atoms with van der Waals surface area (Å²) in [7, 11) is -3.26. The zero-order valence-corrected chi connectivity index (χ0v) is 12.6. The van der Waals surface area contributed by atoms with Crippen molar-refractivity contribution < 1.29 is 13.2 Å². The van der Waals surface area contributed by atoms with E-state index < -0.39 is 10.0 Å². The van der Waals surface area contributed by atoms with Crippen molar-refractivity contribution in [2.75, 3.05) is 25.4 Å². The van der Waals surface area contributed by atoms with Crippen LogP contribution in [0, 0.1) is 0 Å². The second kappa shape index (κ2) is 6.67. The average Bonchev–Trinajstić information content (AvgIpc) is 2.45. The smallest absolute Gasteiger partial charge is 0.214 e. The molecule has 1 aliphatic rings. The van der Waals surface area contributed by atoms with Gasteiger partial charge >= 0.3 is 0 Å². The number of ether oxygens (including phenoxy) is 1. The number of nitrogens with zero attached hydrogens (tertiary/aromatic N) is 1. The highest BCUT2D eigenvalue weighted by Gasteiger charge is 2.31. The third kappa shape index (κ3) is 4.02. The zero-order chi connectivity index (χ0) is 14.6. The van der Waals surface area contributed by atoms with E-state index in [1.165, 1.54) is 4.31 Å². The standard InChI is InChI=1S/C14H22N2O3S/c1-12-10-16(11-14(9-15)19-12)20(17,18)8-7-13-5-3-2-4-6-13/h2-6,12,14H,7-11,15H2,1H3. The van der Waals surface area contributed by atoms with E-state index in [4.69, 9.17) is 10.5 Å². The van der Waals surface area contributed by atoms with Crippen molar-refractivity contribution in [3.05, 3.63) is 35.9 Å². The van der Waals surface area contributed by atoms with Gasteiger partial charge in [-0.2, -0.15) is 4.31 Å². The van der Waals surface area contributed by atoms with E-state index in [2.05, 4.69) is 0 Å². The highest BCUT2D eigenvalue weighted by atomic mass is 32.2. The number of rotatable bonds is 5. The van der Waals surface area contributed by atoms with Crippen LogP contribution in [0.2, 0.25) is 0 Å². The van der Waals surface area contributed by atoms with Crippen LogP contribution in [0.5, 0.6) is 0 Å². The lowest BCUT2D eigenvalue weighted by Crippen LogP contribution is -2.51. The highest BCUT2D eigenvalue weighted by Crippen LogP contribution is 2.15. The first-order chi connectivity index (χ1) is 9.51. The molecule has 0 aromatic heterocycles. The van der Waals surface area contributed by atoms with Gasteiger partial charge in [0.05, 0.1) is 18.0 Å². The topological polar surface area (TPSA) is 72.6 Å². The summed E-state index contributed by atoms with van der Waals surface area (Å²) in [5, 5.41) is 0. The predicted octanol–water partition coefficient (Wildman–Crippen LogP) is 0.607. The Hall–Kier alpha value is -0.950. The van der Waals surface area contributed by atoms with Gasteiger partial charge in [0.1, 0.15) is 0 Å². The summed E-state index contributed by atoms with van der Waals surface area (Å²) in [6.07, 6.45) is 0.219. The molecule has 0 amide bonds. The largest absolute Gasteiger partial charge is 0.371 e. The molecule has 1 heterocycles. The molecule has 5 nitrogen and oxygen atoms in total. The Labute approximate surface area is 120 Å². The molecule has 1 aliphatic heterocycles. The molecule has 2 rings (SSSR count). The van der Waals surface area contributed by atoms with Crippen molar-refractivity contribution in [2.45, 2.75) is 25.6 Å². The van der Waals surface area contributed by atoms with Crippen LogP contribution in [0.15, 0.2) is 30.3 Å². The Morgan fingerprint density at radius 1 is 1.30 bits per heavy atom. The van der Waals surface area contributed by atoms with E-state index in [9.17, 15) is 8.42 Å². The van der Waals surface area contributed by atoms with Crippen LogP contribution in [-0.2, 0) is 21.2 Å². The van der Waals surface area contributed by atoms with E-state index >= 15 is 0 Å².